The van der Waals surface area contributed by atoms with E-state index in [-0.39, 0.29) is 36.6 Å². The highest BCUT2D eigenvalue weighted by atomic mass is 35.5. The van der Waals surface area contributed by atoms with Gasteiger partial charge in [-0.3, -0.25) is 19.3 Å². The van der Waals surface area contributed by atoms with Gasteiger partial charge in [0.05, 0.1) is 21.5 Å². The first-order valence-corrected chi connectivity index (χ1v) is 14.8. The third-order valence-electron chi connectivity index (χ3n) is 7.94. The van der Waals surface area contributed by atoms with Crippen LogP contribution in [0.4, 0.5) is 15.8 Å². The van der Waals surface area contributed by atoms with Gasteiger partial charge < -0.3 is 20.3 Å². The highest BCUT2D eigenvalue weighted by molar-refractivity contribution is 7.18. The molecular formula is C28H34ClFN4O4S. The number of ether oxygens (including phenoxy) is 1. The minimum Gasteiger partial charge on any atom is -0.370 e. The van der Waals surface area contributed by atoms with E-state index in [1.165, 1.54) is 41.2 Å². The zero-order valence-corrected chi connectivity index (χ0v) is 23.4. The van der Waals surface area contributed by atoms with Crippen LogP contribution in [-0.4, -0.2) is 68.1 Å². The summed E-state index contributed by atoms with van der Waals surface area (Å²) in [6, 6.07) is 7.04. The maximum absolute atomic E-state index is 15.2. The average molecular weight is 577 g/mol. The summed E-state index contributed by atoms with van der Waals surface area (Å²) in [4.78, 5) is 42.8. The first kappa shape index (κ1) is 28.0. The molecule has 2 aromatic rings. The standard InChI is InChI=1S/C28H34ClFN4O4S/c29-25-10-9-24(39-25)28(37)31-14-23(33(15-18-3-1-4-18)16-19-5-2-6-19)27(36)32-22-8-7-20(13-21(22)30)34-11-12-38-17-26(34)35/h7-10,13,18-19,23H,1-6,11-12,14-17H2,(H,31,37)(H,32,36)/t23-/m0/s1. The number of nitrogens with zero attached hydrogens (tertiary/aromatic N) is 2. The summed E-state index contributed by atoms with van der Waals surface area (Å²) in [5.41, 5.74) is 0.465. The van der Waals surface area contributed by atoms with E-state index >= 15 is 4.39 Å². The lowest BCUT2D eigenvalue weighted by molar-refractivity contribution is -0.125. The first-order chi connectivity index (χ1) is 18.9. The van der Waals surface area contributed by atoms with Crippen LogP contribution in [0.25, 0.3) is 0 Å². The van der Waals surface area contributed by atoms with Crippen LogP contribution >= 0.6 is 22.9 Å². The van der Waals surface area contributed by atoms with Gasteiger partial charge >= 0.3 is 0 Å². The second-order valence-corrected chi connectivity index (χ2v) is 12.3. The van der Waals surface area contributed by atoms with Crippen LogP contribution in [0.3, 0.4) is 0 Å². The zero-order chi connectivity index (χ0) is 27.4. The van der Waals surface area contributed by atoms with Gasteiger partial charge in [-0.15, -0.1) is 11.3 Å². The number of hydrogen-bond donors (Lipinski definition) is 2. The van der Waals surface area contributed by atoms with Crippen molar-refractivity contribution in [2.45, 2.75) is 44.6 Å². The van der Waals surface area contributed by atoms with Crippen molar-refractivity contribution in [2.75, 3.05) is 49.6 Å². The summed E-state index contributed by atoms with van der Waals surface area (Å²) in [6.07, 6.45) is 6.91. The number of morpholine rings is 1. The Morgan fingerprint density at radius 3 is 2.41 bits per heavy atom. The molecule has 5 rings (SSSR count). The zero-order valence-electron chi connectivity index (χ0n) is 21.8. The molecule has 2 N–H and O–H groups in total. The van der Waals surface area contributed by atoms with Crippen molar-refractivity contribution in [1.29, 1.82) is 0 Å². The van der Waals surface area contributed by atoms with Gasteiger partial charge in [-0.05, 0) is 67.9 Å². The fourth-order valence-corrected chi connectivity index (χ4v) is 6.18. The predicted molar refractivity (Wildman–Crippen MR) is 150 cm³/mol. The first-order valence-electron chi connectivity index (χ1n) is 13.6. The monoisotopic (exact) mass is 576 g/mol. The molecule has 1 aromatic carbocycles. The second-order valence-electron chi connectivity index (χ2n) is 10.6. The molecule has 0 bridgehead atoms. The highest BCUT2D eigenvalue weighted by Gasteiger charge is 2.34. The molecule has 0 unspecified atom stereocenters. The topological polar surface area (TPSA) is 91.0 Å². The number of carbonyl (C=O) groups is 3. The van der Waals surface area contributed by atoms with Crippen molar-refractivity contribution < 1.29 is 23.5 Å². The molecule has 210 valence electrons. The van der Waals surface area contributed by atoms with Gasteiger partial charge in [0.1, 0.15) is 18.5 Å². The number of rotatable bonds is 11. The smallest absolute Gasteiger partial charge is 0.261 e. The van der Waals surface area contributed by atoms with Crippen LogP contribution in [0.15, 0.2) is 30.3 Å². The number of halogens is 2. The van der Waals surface area contributed by atoms with E-state index < -0.39 is 11.9 Å². The summed E-state index contributed by atoms with van der Waals surface area (Å²) >= 11 is 7.19. The fourth-order valence-electron chi connectivity index (χ4n) is 5.22. The van der Waals surface area contributed by atoms with Crippen LogP contribution in [0.1, 0.15) is 48.2 Å². The van der Waals surface area contributed by atoms with Crippen molar-refractivity contribution in [3.8, 4) is 0 Å². The number of amides is 3. The molecule has 3 amide bonds. The third-order valence-corrected chi connectivity index (χ3v) is 9.17. The van der Waals surface area contributed by atoms with Crippen LogP contribution < -0.4 is 15.5 Å². The molecule has 11 heteroatoms. The lowest BCUT2D eigenvalue weighted by atomic mass is 9.82. The predicted octanol–water partition coefficient (Wildman–Crippen LogP) is 4.54. The lowest BCUT2D eigenvalue weighted by Gasteiger charge is -2.40. The molecule has 2 heterocycles. The molecule has 0 spiro atoms. The molecule has 1 aliphatic heterocycles. The molecule has 39 heavy (non-hydrogen) atoms. The summed E-state index contributed by atoms with van der Waals surface area (Å²) in [5, 5.41) is 5.68. The molecule has 1 atom stereocenters. The molecule has 3 aliphatic rings. The Morgan fingerprint density at radius 2 is 1.85 bits per heavy atom. The third kappa shape index (κ3) is 6.98. The van der Waals surface area contributed by atoms with E-state index in [1.54, 1.807) is 18.2 Å². The summed E-state index contributed by atoms with van der Waals surface area (Å²) in [5.74, 6) is -0.470. The van der Waals surface area contributed by atoms with E-state index in [4.69, 9.17) is 16.3 Å². The van der Waals surface area contributed by atoms with Crippen LogP contribution in [0.5, 0.6) is 0 Å². The van der Waals surface area contributed by atoms with Crippen LogP contribution in [-0.2, 0) is 14.3 Å². The van der Waals surface area contributed by atoms with Gasteiger partial charge in [0.25, 0.3) is 11.8 Å². The molecular weight excluding hydrogens is 543 g/mol. The number of benzene rings is 1. The summed E-state index contributed by atoms with van der Waals surface area (Å²) in [6.45, 7) is 2.34. The van der Waals surface area contributed by atoms with Gasteiger partial charge in [0, 0.05) is 31.9 Å². The van der Waals surface area contributed by atoms with Gasteiger partial charge in [-0.25, -0.2) is 4.39 Å². The Labute approximate surface area is 236 Å². The van der Waals surface area contributed by atoms with Gasteiger partial charge in [-0.2, -0.15) is 0 Å². The van der Waals surface area contributed by atoms with Gasteiger partial charge in [-0.1, -0.05) is 24.4 Å². The molecule has 8 nitrogen and oxygen atoms in total. The SMILES string of the molecule is O=C(NC[C@@H](C(=O)Nc1ccc(N2CCOCC2=O)cc1F)N(CC1CCC1)CC1CCC1)c1ccc(Cl)s1. The number of anilines is 2. The largest absolute Gasteiger partial charge is 0.370 e. The number of thiophene rings is 1. The van der Waals surface area contributed by atoms with Crippen molar-refractivity contribution in [1.82, 2.24) is 10.2 Å². The molecule has 3 fully saturated rings. The molecule has 2 aliphatic carbocycles. The maximum atomic E-state index is 15.2. The second kappa shape index (κ2) is 12.8. The van der Waals surface area contributed by atoms with E-state index in [0.29, 0.717) is 39.9 Å². The Bertz CT molecular complexity index is 1190. The minimum atomic E-state index is -0.662. The molecule has 2 saturated carbocycles. The van der Waals surface area contributed by atoms with Gasteiger partial charge in [0.2, 0.25) is 5.91 Å². The molecule has 1 saturated heterocycles. The number of hydrogen-bond acceptors (Lipinski definition) is 6. The fraction of sp³-hybridized carbons (Fsp3) is 0.536. The van der Waals surface area contributed by atoms with E-state index in [1.807, 2.05) is 0 Å². The van der Waals surface area contributed by atoms with Gasteiger partial charge in [0.15, 0.2) is 0 Å². The minimum absolute atomic E-state index is 0.0387. The van der Waals surface area contributed by atoms with E-state index in [0.717, 1.165) is 38.8 Å². The van der Waals surface area contributed by atoms with Crippen molar-refractivity contribution in [2.24, 2.45) is 11.8 Å². The van der Waals surface area contributed by atoms with E-state index in [9.17, 15) is 14.4 Å². The van der Waals surface area contributed by atoms with Crippen molar-refractivity contribution in [3.63, 3.8) is 0 Å². The summed E-state index contributed by atoms with van der Waals surface area (Å²) < 4.78 is 20.8. The Kier molecular flexibility index (Phi) is 9.17. The van der Waals surface area contributed by atoms with E-state index in [2.05, 4.69) is 15.5 Å². The Balaban J connectivity index is 1.32. The maximum Gasteiger partial charge on any atom is 0.261 e. The lowest BCUT2D eigenvalue weighted by Crippen LogP contribution is -2.54. The number of nitrogens with one attached hydrogen (secondary N) is 2. The quantitative estimate of drug-likeness (QED) is 0.410. The highest BCUT2D eigenvalue weighted by Crippen LogP contribution is 2.32. The van der Waals surface area contributed by atoms with Crippen molar-refractivity contribution >= 4 is 52.0 Å². The normalized spacial score (nSPS) is 18.9. The Morgan fingerprint density at radius 1 is 1.13 bits per heavy atom. The Hall–Kier alpha value is -2.53. The average Bonchev–Trinajstić information content (AvgIpc) is 3.30. The van der Waals surface area contributed by atoms with Crippen molar-refractivity contribution in [3.05, 3.63) is 45.4 Å². The number of carbonyl (C=O) groups excluding carboxylic acids is 3. The molecule has 1 aromatic heterocycles. The molecule has 0 radical (unpaired) electrons. The van der Waals surface area contributed by atoms with Crippen LogP contribution in [0.2, 0.25) is 4.34 Å². The summed E-state index contributed by atoms with van der Waals surface area (Å²) in [7, 11) is 0. The van der Waals surface area contributed by atoms with Crippen LogP contribution in [0, 0.1) is 17.7 Å².